The van der Waals surface area contributed by atoms with Gasteiger partial charge in [-0.3, -0.25) is 0 Å². The smallest absolute Gasteiger partial charge is 0.185 e. The molecule has 0 spiro atoms. The number of hydrogen-bond acceptors (Lipinski definition) is 4. The normalized spacial score (nSPS) is 8.22. The predicted octanol–water partition coefficient (Wildman–Crippen LogP) is 0.673. The van der Waals surface area contributed by atoms with Crippen LogP contribution in [0.4, 0.5) is 0 Å². The van der Waals surface area contributed by atoms with E-state index in [2.05, 4.69) is 35.2 Å². The van der Waals surface area contributed by atoms with Crippen LogP contribution in [-0.2, 0) is 0 Å². The van der Waals surface area contributed by atoms with Crippen LogP contribution < -0.4 is 0 Å². The van der Waals surface area contributed by atoms with E-state index in [0.29, 0.717) is 10.2 Å². The van der Waals surface area contributed by atoms with Crippen molar-refractivity contribution in [3.63, 3.8) is 0 Å². The third-order valence-corrected chi connectivity index (χ3v) is 1.09. The Morgan fingerprint density at radius 3 is 2.33 bits per heavy atom. The van der Waals surface area contributed by atoms with Gasteiger partial charge in [0.2, 0.25) is 0 Å². The summed E-state index contributed by atoms with van der Waals surface area (Å²) in [5, 5.41) is 1.10. The van der Waals surface area contributed by atoms with Crippen LogP contribution >= 0.6 is 25.3 Å². The largest absolute Gasteiger partial charge is 0.231 e. The number of aromatic nitrogens is 2. The molecule has 0 saturated heterocycles. The number of hydrogen-bond donors (Lipinski definition) is 2. The third kappa shape index (κ3) is 4.31. The molecule has 1 aromatic heterocycles. The number of nitrogens with zero attached hydrogens (tertiary/aromatic N) is 2. The minimum atomic E-state index is 0. The van der Waals surface area contributed by atoms with E-state index in [1.54, 1.807) is 12.3 Å². The van der Waals surface area contributed by atoms with Crippen molar-refractivity contribution in [1.82, 2.24) is 9.97 Å². The predicted molar refractivity (Wildman–Crippen MR) is 42.3 cm³/mol. The van der Waals surface area contributed by atoms with E-state index >= 15 is 0 Å². The van der Waals surface area contributed by atoms with Gasteiger partial charge in [0.25, 0.3) is 0 Å². The Hall–Kier alpha value is 1.83. The summed E-state index contributed by atoms with van der Waals surface area (Å²) in [6.45, 7) is 0. The molecule has 0 saturated carbocycles. The van der Waals surface area contributed by atoms with E-state index in [1.165, 1.54) is 0 Å². The Morgan fingerprint density at radius 2 is 2.00 bits per heavy atom. The van der Waals surface area contributed by atoms with E-state index in [4.69, 9.17) is 0 Å². The van der Waals surface area contributed by atoms with Crippen LogP contribution in [0.3, 0.4) is 0 Å². The maximum atomic E-state index is 3.95. The summed E-state index contributed by atoms with van der Waals surface area (Å²) < 4.78 is 0. The molecule has 0 fully saturated rings. The van der Waals surface area contributed by atoms with Crippen LogP contribution in [0, 0.1) is 0 Å². The molecule has 0 aliphatic rings. The van der Waals surface area contributed by atoms with Crippen molar-refractivity contribution in [1.29, 1.82) is 0 Å². The molecule has 1 heterocycles. The zero-order chi connectivity index (χ0) is 5.98. The van der Waals surface area contributed by atoms with Crippen LogP contribution in [-0.4, -0.2) is 78.9 Å². The van der Waals surface area contributed by atoms with Gasteiger partial charge in [-0.05, 0) is 6.07 Å². The summed E-state index contributed by atoms with van der Waals surface area (Å²) in [5.41, 5.74) is 0. The number of rotatable bonds is 0. The molecule has 0 bridgehead atoms. The van der Waals surface area contributed by atoms with E-state index in [0.717, 1.165) is 0 Å². The Labute approximate surface area is 123 Å². The van der Waals surface area contributed by atoms with Crippen LogP contribution in [0.1, 0.15) is 0 Å². The first kappa shape index (κ1) is 10.8. The Bertz CT molecular complexity index is 176. The topological polar surface area (TPSA) is 25.8 Å². The van der Waals surface area contributed by atoms with Gasteiger partial charge >= 0.3 is 0 Å². The van der Waals surface area contributed by atoms with Crippen molar-refractivity contribution in [2.75, 3.05) is 0 Å². The maximum Gasteiger partial charge on any atom is 0.185 e. The van der Waals surface area contributed by atoms with Crippen LogP contribution in [0.15, 0.2) is 22.4 Å². The van der Waals surface area contributed by atoms with Crippen molar-refractivity contribution in [2.45, 2.75) is 10.2 Å². The quantitative estimate of drug-likeness (QED) is 0.414. The molecule has 2 nitrogen and oxygen atoms in total. The summed E-state index contributed by atoms with van der Waals surface area (Å²) in [6, 6.07) is 1.70. The van der Waals surface area contributed by atoms with Crippen molar-refractivity contribution >= 4 is 94.2 Å². The molecule has 9 heavy (non-hydrogen) atoms. The van der Waals surface area contributed by atoms with Gasteiger partial charge in [-0.2, -0.15) is 0 Å². The summed E-state index contributed by atoms with van der Waals surface area (Å²) >= 11 is 7.84. The Balaban J connectivity index is 0.000000640. The van der Waals surface area contributed by atoms with Crippen molar-refractivity contribution in [3.05, 3.63) is 12.3 Å². The third-order valence-electron chi connectivity index (χ3n) is 0.628. The molecule has 0 aliphatic heterocycles. The molecule has 0 aliphatic carbocycles. The second-order valence-corrected chi connectivity index (χ2v) is 2.07. The summed E-state index contributed by atoms with van der Waals surface area (Å²) in [7, 11) is 0. The van der Waals surface area contributed by atoms with E-state index in [1.807, 2.05) is 0 Å². The summed E-state index contributed by atoms with van der Waals surface area (Å²) in [6.07, 6.45) is 1.61. The molecule has 0 aromatic carbocycles. The Kier molecular flexibility index (Phi) is 6.59. The molecule has 0 N–H and O–H groups in total. The van der Waals surface area contributed by atoms with Gasteiger partial charge in [0.05, 0.1) is 5.03 Å². The van der Waals surface area contributed by atoms with Crippen LogP contribution in [0.5, 0.6) is 0 Å². The first-order valence-electron chi connectivity index (χ1n) is 2.00. The number of thiol groups is 2. The second-order valence-electron chi connectivity index (χ2n) is 1.21. The summed E-state index contributed by atoms with van der Waals surface area (Å²) in [5.74, 6) is 0. The zero-order valence-corrected chi connectivity index (χ0v) is 13.0. The van der Waals surface area contributed by atoms with Crippen LogP contribution in [0.25, 0.3) is 0 Å². The van der Waals surface area contributed by atoms with Gasteiger partial charge in [0.1, 0.15) is 0 Å². The Morgan fingerprint density at radius 1 is 1.33 bits per heavy atom. The monoisotopic (exact) mass is 277 g/mol. The van der Waals surface area contributed by atoms with E-state index in [-0.39, 0.29) is 68.9 Å². The fourth-order valence-corrected chi connectivity index (χ4v) is 0.754. The maximum absolute atomic E-state index is 3.95. The van der Waals surface area contributed by atoms with Crippen molar-refractivity contribution < 1.29 is 0 Å². The average molecular weight is 277 g/mol. The molecule has 1 rings (SSSR count). The fraction of sp³-hybridized carbons (Fsp3) is 0. The zero-order valence-electron chi connectivity index (χ0n) is 4.94. The van der Waals surface area contributed by atoms with Gasteiger partial charge in [-0.15, -0.1) is 25.3 Å². The minimum absolute atomic E-state index is 0. The van der Waals surface area contributed by atoms with Crippen molar-refractivity contribution in [3.8, 4) is 0 Å². The van der Waals surface area contributed by atoms with Crippen molar-refractivity contribution in [2.24, 2.45) is 0 Å². The fourth-order valence-electron chi connectivity index (χ4n) is 0.339. The minimum Gasteiger partial charge on any atom is -0.231 e. The van der Waals surface area contributed by atoms with Gasteiger partial charge < -0.3 is 0 Å². The van der Waals surface area contributed by atoms with Gasteiger partial charge in [-0.25, -0.2) is 9.97 Å². The SMILES string of the molecule is Sc1ccnc(S)n1.[Cs]. The molecule has 0 amide bonds. The molecule has 0 atom stereocenters. The standard InChI is InChI=1S/C4H4N2S2.Cs/c7-3-1-2-5-4(8)6-3;/h1-2H,(H2,5,6,7,8);. The van der Waals surface area contributed by atoms with Gasteiger partial charge in [-0.1, -0.05) is 0 Å². The molecule has 43 valence electrons. The van der Waals surface area contributed by atoms with Gasteiger partial charge in [0, 0.05) is 75.1 Å². The molecule has 0 unspecified atom stereocenters. The molecule has 1 aromatic rings. The molecular formula is C4H4CsN2S2. The van der Waals surface area contributed by atoms with E-state index in [9.17, 15) is 0 Å². The first-order chi connectivity index (χ1) is 3.79. The first-order valence-corrected chi connectivity index (χ1v) is 2.89. The second kappa shape index (κ2) is 5.48. The van der Waals surface area contributed by atoms with Gasteiger partial charge in [0.15, 0.2) is 5.16 Å². The molecule has 5 heteroatoms. The average Bonchev–Trinajstić information content (AvgIpc) is 1.64. The molecular weight excluding hydrogens is 273 g/mol. The van der Waals surface area contributed by atoms with Crippen LogP contribution in [0.2, 0.25) is 0 Å². The van der Waals surface area contributed by atoms with E-state index < -0.39 is 0 Å². The molecule has 1 radical (unpaired) electrons. The summed E-state index contributed by atoms with van der Waals surface area (Å²) in [4.78, 5) is 7.54.